The second kappa shape index (κ2) is 9.09. The summed E-state index contributed by atoms with van der Waals surface area (Å²) < 4.78 is 79.2. The van der Waals surface area contributed by atoms with Gasteiger partial charge in [-0.15, -0.1) is 0 Å². The lowest BCUT2D eigenvalue weighted by Gasteiger charge is -2.16. The van der Waals surface area contributed by atoms with E-state index in [1.807, 2.05) is 0 Å². The molecule has 1 aliphatic heterocycles. The van der Waals surface area contributed by atoms with Crippen LogP contribution in [0.3, 0.4) is 0 Å². The van der Waals surface area contributed by atoms with Gasteiger partial charge in [-0.2, -0.15) is 13.2 Å². The maximum Gasteiger partial charge on any atom is 0.419 e. The lowest BCUT2D eigenvalue weighted by atomic mass is 10.1. The fourth-order valence-corrected chi connectivity index (χ4v) is 4.07. The van der Waals surface area contributed by atoms with Crippen molar-refractivity contribution < 1.29 is 31.4 Å². The first-order chi connectivity index (χ1) is 15.7. The summed E-state index contributed by atoms with van der Waals surface area (Å²) in [5.74, 6) is 0.0116. The molecular formula is C23H22F5N3O2. The van der Waals surface area contributed by atoms with Gasteiger partial charge in [-0.25, -0.2) is 13.8 Å². The van der Waals surface area contributed by atoms with Crippen molar-refractivity contribution in [1.29, 1.82) is 0 Å². The third-order valence-electron chi connectivity index (χ3n) is 5.51. The van der Waals surface area contributed by atoms with Gasteiger partial charge in [0.2, 0.25) is 0 Å². The minimum absolute atomic E-state index is 0.136. The van der Waals surface area contributed by atoms with Crippen LogP contribution in [0.4, 0.5) is 22.0 Å². The second-order valence-corrected chi connectivity index (χ2v) is 7.77. The van der Waals surface area contributed by atoms with Crippen LogP contribution in [0, 0.1) is 6.92 Å². The van der Waals surface area contributed by atoms with Crippen molar-refractivity contribution in [2.24, 2.45) is 0 Å². The van der Waals surface area contributed by atoms with Crippen LogP contribution in [0.5, 0.6) is 5.75 Å². The summed E-state index contributed by atoms with van der Waals surface area (Å²) in [6.45, 7) is 0.658. The van der Waals surface area contributed by atoms with Gasteiger partial charge in [-0.05, 0) is 31.2 Å². The first-order valence-electron chi connectivity index (χ1n) is 10.3. The lowest BCUT2D eigenvalue weighted by Crippen LogP contribution is -2.21. The van der Waals surface area contributed by atoms with Crippen LogP contribution in [-0.4, -0.2) is 41.0 Å². The predicted molar refractivity (Wildman–Crippen MR) is 111 cm³/mol. The number of hydrogen-bond acceptors (Lipinski definition) is 4. The summed E-state index contributed by atoms with van der Waals surface area (Å²) in [5.41, 5.74) is 2.22. The van der Waals surface area contributed by atoms with Gasteiger partial charge in [-0.3, -0.25) is 4.98 Å². The Morgan fingerprint density at radius 1 is 1.12 bits per heavy atom. The van der Waals surface area contributed by atoms with Crippen molar-refractivity contribution in [3.8, 4) is 28.4 Å². The number of aromatic nitrogens is 3. The zero-order chi connectivity index (χ0) is 23.8. The first kappa shape index (κ1) is 23.2. The molecule has 2 aromatic heterocycles. The molecule has 0 saturated carbocycles. The van der Waals surface area contributed by atoms with Gasteiger partial charge in [0, 0.05) is 28.9 Å². The van der Waals surface area contributed by atoms with Crippen molar-refractivity contribution in [2.75, 3.05) is 20.4 Å². The van der Waals surface area contributed by atoms with Crippen LogP contribution in [0.15, 0.2) is 30.3 Å². The van der Waals surface area contributed by atoms with E-state index in [-0.39, 0.29) is 24.6 Å². The molecule has 0 N–H and O–H groups in total. The number of aryl methyl sites for hydroxylation is 1. The average Bonchev–Trinajstić information content (AvgIpc) is 3.00. The lowest BCUT2D eigenvalue weighted by molar-refractivity contribution is -0.138. The topological polar surface area (TPSA) is 49.2 Å². The van der Waals surface area contributed by atoms with E-state index < -0.39 is 31.2 Å². The van der Waals surface area contributed by atoms with Crippen LogP contribution in [0.1, 0.15) is 22.6 Å². The van der Waals surface area contributed by atoms with E-state index in [2.05, 4.69) is 4.98 Å². The van der Waals surface area contributed by atoms with Gasteiger partial charge < -0.3 is 14.0 Å². The summed E-state index contributed by atoms with van der Waals surface area (Å²) >= 11 is 0. The second-order valence-electron chi connectivity index (χ2n) is 7.77. The fraction of sp³-hybridized carbons (Fsp3) is 0.391. The summed E-state index contributed by atoms with van der Waals surface area (Å²) in [5, 5.41) is 0. The zero-order valence-electron chi connectivity index (χ0n) is 18.0. The molecule has 33 heavy (non-hydrogen) atoms. The quantitative estimate of drug-likeness (QED) is 0.476. The molecule has 3 aromatic rings. The number of imidazole rings is 1. The maximum atomic E-state index is 13.5. The van der Waals surface area contributed by atoms with E-state index in [0.29, 0.717) is 34.8 Å². The van der Waals surface area contributed by atoms with Gasteiger partial charge in [0.05, 0.1) is 37.2 Å². The normalized spacial score (nSPS) is 16.4. The molecule has 0 unspecified atom stereocenters. The Bertz CT molecular complexity index is 1160. The Hall–Kier alpha value is -3.01. The number of fused-ring (bicyclic) bond motifs is 1. The smallest absolute Gasteiger partial charge is 0.419 e. The highest BCUT2D eigenvalue weighted by atomic mass is 19.4. The molecule has 1 aromatic carbocycles. The molecular weight excluding hydrogens is 445 g/mol. The highest BCUT2D eigenvalue weighted by molar-refractivity contribution is 5.70. The molecule has 4 rings (SSSR count). The van der Waals surface area contributed by atoms with Crippen molar-refractivity contribution in [2.45, 2.75) is 38.8 Å². The van der Waals surface area contributed by atoms with Gasteiger partial charge >= 0.3 is 6.18 Å². The summed E-state index contributed by atoms with van der Waals surface area (Å²) in [6.07, 6.45) is -4.89. The molecule has 0 amide bonds. The van der Waals surface area contributed by atoms with Crippen LogP contribution >= 0.6 is 0 Å². The number of alkyl halides is 5. The van der Waals surface area contributed by atoms with Crippen molar-refractivity contribution in [1.82, 2.24) is 14.5 Å². The van der Waals surface area contributed by atoms with Gasteiger partial charge in [0.25, 0.3) is 0 Å². The predicted octanol–water partition coefficient (Wildman–Crippen LogP) is 5.33. The maximum absolute atomic E-state index is 13.5. The molecule has 176 valence electrons. The number of methoxy groups -OCH3 is 1. The molecule has 1 aliphatic rings. The van der Waals surface area contributed by atoms with E-state index in [9.17, 15) is 22.0 Å². The van der Waals surface area contributed by atoms with Gasteiger partial charge in [0.15, 0.2) is 0 Å². The zero-order valence-corrected chi connectivity index (χ0v) is 18.0. The fourth-order valence-electron chi connectivity index (χ4n) is 4.07. The standard InChI is InChI=1S/C23H22F5N3O2/c1-13-7-15(8-16(10-24)29-13)21-19-5-6-33-17(11-25)12-31(19)22(30-21)14-3-4-18(23(26,27)28)20(9-14)32-2/h3-4,7-9,17H,5-6,10-12H2,1-2H3/t17-/m1/s1. The van der Waals surface area contributed by atoms with Crippen molar-refractivity contribution >= 4 is 0 Å². The Kier molecular flexibility index (Phi) is 6.38. The van der Waals surface area contributed by atoms with E-state index in [1.165, 1.54) is 12.1 Å². The number of ether oxygens (including phenoxy) is 2. The highest BCUT2D eigenvalue weighted by Gasteiger charge is 2.35. The van der Waals surface area contributed by atoms with Crippen molar-refractivity contribution in [3.63, 3.8) is 0 Å². The minimum atomic E-state index is -4.58. The van der Waals surface area contributed by atoms with Crippen LogP contribution < -0.4 is 4.74 Å². The van der Waals surface area contributed by atoms with E-state index in [0.717, 1.165) is 18.9 Å². The summed E-state index contributed by atoms with van der Waals surface area (Å²) in [7, 11) is 1.16. The molecule has 0 spiro atoms. The van der Waals surface area contributed by atoms with Crippen molar-refractivity contribution in [3.05, 3.63) is 53.0 Å². The molecule has 0 aliphatic carbocycles. The Morgan fingerprint density at radius 3 is 2.58 bits per heavy atom. The van der Waals surface area contributed by atoms with Crippen LogP contribution in [0.25, 0.3) is 22.6 Å². The number of rotatable bonds is 5. The average molecular weight is 467 g/mol. The van der Waals surface area contributed by atoms with E-state index in [4.69, 9.17) is 14.5 Å². The van der Waals surface area contributed by atoms with Gasteiger partial charge in [-0.1, -0.05) is 6.07 Å². The summed E-state index contributed by atoms with van der Waals surface area (Å²) in [6, 6.07) is 6.87. The third kappa shape index (κ3) is 4.57. The number of hydrogen-bond donors (Lipinski definition) is 0. The Balaban J connectivity index is 1.92. The number of nitrogens with zero attached hydrogens (tertiary/aromatic N) is 3. The molecule has 0 bridgehead atoms. The largest absolute Gasteiger partial charge is 0.496 e. The SMILES string of the molecule is COc1cc(-c2nc(-c3cc(C)nc(CF)c3)c3n2C[C@@H](CF)OCC3)ccc1C(F)(F)F. The number of benzene rings is 1. The third-order valence-corrected chi connectivity index (χ3v) is 5.51. The minimum Gasteiger partial charge on any atom is -0.496 e. The molecule has 0 radical (unpaired) electrons. The first-order valence-corrected chi connectivity index (χ1v) is 10.3. The molecule has 3 heterocycles. The highest BCUT2D eigenvalue weighted by Crippen LogP contribution is 2.39. The molecule has 0 saturated heterocycles. The summed E-state index contributed by atoms with van der Waals surface area (Å²) in [4.78, 5) is 8.87. The molecule has 1 atom stereocenters. The molecule has 10 heteroatoms. The van der Waals surface area contributed by atoms with E-state index >= 15 is 0 Å². The monoisotopic (exact) mass is 467 g/mol. The molecule has 5 nitrogen and oxygen atoms in total. The Labute approximate surface area is 187 Å². The number of halogens is 5. The van der Waals surface area contributed by atoms with E-state index in [1.54, 1.807) is 23.6 Å². The molecule has 0 fully saturated rings. The number of pyridine rings is 1. The van der Waals surface area contributed by atoms with Crippen LogP contribution in [-0.2, 0) is 30.6 Å². The van der Waals surface area contributed by atoms with Gasteiger partial charge in [0.1, 0.15) is 31.0 Å². The van der Waals surface area contributed by atoms with Crippen LogP contribution in [0.2, 0.25) is 0 Å². The Morgan fingerprint density at radius 2 is 1.91 bits per heavy atom.